The molecule has 128 valence electrons. The Kier molecular flexibility index (Phi) is 4.85. The molecule has 24 heavy (non-hydrogen) atoms. The second kappa shape index (κ2) is 7.05. The highest BCUT2D eigenvalue weighted by Gasteiger charge is 2.16. The van der Waals surface area contributed by atoms with Crippen LogP contribution in [0.3, 0.4) is 0 Å². The molecular weight excluding hydrogens is 306 g/mol. The quantitative estimate of drug-likeness (QED) is 0.900. The van der Waals surface area contributed by atoms with E-state index in [1.807, 2.05) is 19.1 Å². The minimum atomic E-state index is -0.0954. The van der Waals surface area contributed by atoms with Crippen LogP contribution in [0.25, 0.3) is 10.9 Å². The average Bonchev–Trinajstić information content (AvgIpc) is 2.58. The largest absolute Gasteiger partial charge is 0.378 e. The lowest BCUT2D eigenvalue weighted by molar-refractivity contribution is 0.0533. The van der Waals surface area contributed by atoms with Crippen molar-refractivity contribution < 1.29 is 9.53 Å². The molecule has 2 heterocycles. The zero-order chi connectivity index (χ0) is 17.1. The molecule has 0 aliphatic carbocycles. The highest BCUT2D eigenvalue weighted by atomic mass is 16.5. The number of amides is 2. The van der Waals surface area contributed by atoms with Crippen molar-refractivity contribution in [2.75, 3.05) is 32.8 Å². The van der Waals surface area contributed by atoms with Crippen LogP contribution in [-0.2, 0) is 11.2 Å². The van der Waals surface area contributed by atoms with Crippen molar-refractivity contribution in [2.24, 2.45) is 0 Å². The monoisotopic (exact) mass is 329 g/mol. The molecule has 3 rings (SSSR count). The average molecular weight is 329 g/mol. The third-order valence-electron chi connectivity index (χ3n) is 4.50. The number of ether oxygens (including phenoxy) is 1. The predicted octanol–water partition coefficient (Wildman–Crippen LogP) is 1.73. The zero-order valence-corrected chi connectivity index (χ0v) is 14.1. The van der Waals surface area contributed by atoms with Crippen molar-refractivity contribution in [3.8, 4) is 0 Å². The maximum absolute atomic E-state index is 12.2. The number of fused-ring (bicyclic) bond motifs is 1. The Morgan fingerprint density at radius 1 is 1.21 bits per heavy atom. The number of aromatic nitrogens is 1. The summed E-state index contributed by atoms with van der Waals surface area (Å²) >= 11 is 0. The first-order valence-electron chi connectivity index (χ1n) is 8.28. The SMILES string of the molecule is Cc1cc2cc(CCNC(=O)N3CCOCC3)c(=O)[nH]c2cc1C. The Bertz CT molecular complexity index is 807. The Morgan fingerprint density at radius 3 is 2.67 bits per heavy atom. The van der Waals surface area contributed by atoms with Crippen LogP contribution < -0.4 is 10.9 Å². The van der Waals surface area contributed by atoms with Crippen LogP contribution in [0.5, 0.6) is 0 Å². The number of hydrogen-bond acceptors (Lipinski definition) is 3. The van der Waals surface area contributed by atoms with Gasteiger partial charge in [-0.25, -0.2) is 4.79 Å². The number of nitrogens with zero attached hydrogens (tertiary/aromatic N) is 1. The predicted molar refractivity (Wildman–Crippen MR) is 93.5 cm³/mol. The van der Waals surface area contributed by atoms with Gasteiger partial charge in [0.15, 0.2) is 0 Å². The van der Waals surface area contributed by atoms with E-state index in [-0.39, 0.29) is 11.6 Å². The summed E-state index contributed by atoms with van der Waals surface area (Å²) in [6.45, 7) is 6.91. The van der Waals surface area contributed by atoms with Gasteiger partial charge in [-0.15, -0.1) is 0 Å². The number of carbonyl (C=O) groups excluding carboxylic acids is 1. The number of hydrogen-bond donors (Lipinski definition) is 2. The van der Waals surface area contributed by atoms with Gasteiger partial charge in [0.05, 0.1) is 13.2 Å². The Hall–Kier alpha value is -2.34. The Balaban J connectivity index is 1.66. The number of urea groups is 1. The molecule has 0 bridgehead atoms. The number of H-pyrrole nitrogens is 1. The number of aromatic amines is 1. The molecule has 1 saturated heterocycles. The smallest absolute Gasteiger partial charge is 0.317 e. The molecule has 1 aromatic heterocycles. The zero-order valence-electron chi connectivity index (χ0n) is 14.1. The van der Waals surface area contributed by atoms with Gasteiger partial charge in [0.2, 0.25) is 0 Å². The highest BCUT2D eigenvalue weighted by Crippen LogP contribution is 2.17. The number of morpholine rings is 1. The van der Waals surface area contributed by atoms with Crippen LogP contribution in [-0.4, -0.2) is 48.8 Å². The topological polar surface area (TPSA) is 74.4 Å². The van der Waals surface area contributed by atoms with Crippen LogP contribution >= 0.6 is 0 Å². The van der Waals surface area contributed by atoms with Crippen LogP contribution in [0.2, 0.25) is 0 Å². The van der Waals surface area contributed by atoms with Crippen molar-refractivity contribution in [3.05, 3.63) is 45.2 Å². The first-order valence-corrected chi connectivity index (χ1v) is 8.28. The van der Waals surface area contributed by atoms with E-state index in [0.717, 1.165) is 16.5 Å². The lowest BCUT2D eigenvalue weighted by Crippen LogP contribution is -2.46. The van der Waals surface area contributed by atoms with Crippen molar-refractivity contribution in [2.45, 2.75) is 20.3 Å². The fourth-order valence-corrected chi connectivity index (χ4v) is 2.89. The second-order valence-electron chi connectivity index (χ2n) is 6.23. The summed E-state index contributed by atoms with van der Waals surface area (Å²) in [5.74, 6) is 0. The molecule has 0 saturated carbocycles. The highest BCUT2D eigenvalue weighted by molar-refractivity contribution is 5.80. The molecule has 2 N–H and O–H groups in total. The van der Waals surface area contributed by atoms with Gasteiger partial charge in [-0.2, -0.15) is 0 Å². The van der Waals surface area contributed by atoms with Crippen LogP contribution in [0.1, 0.15) is 16.7 Å². The molecule has 0 atom stereocenters. The summed E-state index contributed by atoms with van der Waals surface area (Å²) in [6.07, 6.45) is 0.508. The molecule has 0 spiro atoms. The van der Waals surface area contributed by atoms with E-state index < -0.39 is 0 Å². The molecule has 1 aliphatic heterocycles. The lowest BCUT2D eigenvalue weighted by atomic mass is 10.0. The lowest BCUT2D eigenvalue weighted by Gasteiger charge is -2.26. The number of rotatable bonds is 3. The van der Waals surface area contributed by atoms with Gasteiger partial charge in [-0.1, -0.05) is 0 Å². The van der Waals surface area contributed by atoms with Gasteiger partial charge in [0.25, 0.3) is 5.56 Å². The van der Waals surface area contributed by atoms with Crippen LogP contribution in [0.4, 0.5) is 4.79 Å². The number of benzene rings is 1. The standard InChI is InChI=1S/C18H23N3O3/c1-12-9-15-11-14(17(22)20-16(15)10-13(12)2)3-4-19-18(23)21-5-7-24-8-6-21/h9-11H,3-8H2,1-2H3,(H,19,23)(H,20,22). The molecule has 2 aromatic rings. The van der Waals surface area contributed by atoms with E-state index >= 15 is 0 Å². The molecule has 1 aliphatic rings. The van der Waals surface area contributed by atoms with E-state index in [1.165, 1.54) is 5.56 Å². The Morgan fingerprint density at radius 2 is 1.92 bits per heavy atom. The van der Waals surface area contributed by atoms with Gasteiger partial charge in [-0.3, -0.25) is 4.79 Å². The number of pyridine rings is 1. The minimum absolute atomic E-state index is 0.0913. The molecule has 1 fully saturated rings. The summed E-state index contributed by atoms with van der Waals surface area (Å²) in [7, 11) is 0. The maximum Gasteiger partial charge on any atom is 0.317 e. The van der Waals surface area contributed by atoms with Gasteiger partial charge in [0.1, 0.15) is 0 Å². The summed E-state index contributed by atoms with van der Waals surface area (Å²) < 4.78 is 5.23. The van der Waals surface area contributed by atoms with Gasteiger partial charge < -0.3 is 19.9 Å². The minimum Gasteiger partial charge on any atom is -0.378 e. The number of nitrogens with one attached hydrogen (secondary N) is 2. The normalized spacial score (nSPS) is 14.8. The van der Waals surface area contributed by atoms with Crippen molar-refractivity contribution >= 4 is 16.9 Å². The van der Waals surface area contributed by atoms with Gasteiger partial charge in [0, 0.05) is 30.7 Å². The van der Waals surface area contributed by atoms with E-state index in [1.54, 1.807) is 4.90 Å². The summed E-state index contributed by atoms with van der Waals surface area (Å²) in [5.41, 5.74) is 3.80. The van der Waals surface area contributed by atoms with Crippen LogP contribution in [0.15, 0.2) is 23.0 Å². The first kappa shape index (κ1) is 16.5. The van der Waals surface area contributed by atoms with Crippen LogP contribution in [0, 0.1) is 13.8 Å². The second-order valence-corrected chi connectivity index (χ2v) is 6.23. The molecule has 0 radical (unpaired) electrons. The summed E-state index contributed by atoms with van der Waals surface area (Å²) in [4.78, 5) is 28.9. The molecule has 6 heteroatoms. The van der Waals surface area contributed by atoms with E-state index in [9.17, 15) is 9.59 Å². The summed E-state index contributed by atoms with van der Waals surface area (Å²) in [6, 6.07) is 5.90. The molecule has 0 unspecified atom stereocenters. The number of carbonyl (C=O) groups is 1. The van der Waals surface area contributed by atoms with Crippen molar-refractivity contribution in [1.29, 1.82) is 0 Å². The van der Waals surface area contributed by atoms with Crippen molar-refractivity contribution in [3.63, 3.8) is 0 Å². The fraction of sp³-hybridized carbons (Fsp3) is 0.444. The molecule has 1 aromatic carbocycles. The third kappa shape index (κ3) is 3.59. The Labute approximate surface area is 140 Å². The molecule has 6 nitrogen and oxygen atoms in total. The summed E-state index contributed by atoms with van der Waals surface area (Å²) in [5, 5.41) is 3.90. The molecular formula is C18H23N3O3. The number of aryl methyl sites for hydroxylation is 2. The van der Waals surface area contributed by atoms with E-state index in [0.29, 0.717) is 44.8 Å². The van der Waals surface area contributed by atoms with Crippen molar-refractivity contribution in [1.82, 2.24) is 15.2 Å². The fourth-order valence-electron chi connectivity index (χ4n) is 2.89. The van der Waals surface area contributed by atoms with Gasteiger partial charge in [-0.05, 0) is 55.0 Å². The van der Waals surface area contributed by atoms with E-state index in [2.05, 4.69) is 23.3 Å². The first-order chi connectivity index (χ1) is 11.5. The van der Waals surface area contributed by atoms with Gasteiger partial charge >= 0.3 is 6.03 Å². The maximum atomic E-state index is 12.2. The van der Waals surface area contributed by atoms with E-state index in [4.69, 9.17) is 4.74 Å². The third-order valence-corrected chi connectivity index (χ3v) is 4.50. The molecule has 2 amide bonds.